The molecule has 3 heteroatoms. The lowest BCUT2D eigenvalue weighted by Gasteiger charge is -2.23. The highest BCUT2D eigenvalue weighted by atomic mass is 35.5. The van der Waals surface area contributed by atoms with Gasteiger partial charge in [0.05, 0.1) is 13.2 Å². The number of rotatable bonds is 1. The predicted octanol–water partition coefficient (Wildman–Crippen LogP) is 2.84. The Morgan fingerprint density at radius 3 is 3.12 bits per heavy atom. The van der Waals surface area contributed by atoms with Crippen LogP contribution in [0.5, 0.6) is 0 Å². The summed E-state index contributed by atoms with van der Waals surface area (Å²) < 4.78 is 5.49. The zero-order chi connectivity index (χ0) is 11.0. The topological polar surface area (TPSA) is 21.3 Å². The summed E-state index contributed by atoms with van der Waals surface area (Å²) in [5, 5.41) is 4.39. The number of fused-ring (bicyclic) bond motifs is 1. The average Bonchev–Trinajstić information content (AvgIpc) is 2.81. The molecule has 0 saturated carbocycles. The second kappa shape index (κ2) is 4.36. The van der Waals surface area contributed by atoms with Gasteiger partial charge in [-0.2, -0.15) is 0 Å². The van der Waals surface area contributed by atoms with Gasteiger partial charge in [0.15, 0.2) is 0 Å². The lowest BCUT2D eigenvalue weighted by molar-refractivity contribution is 0.110. The Bertz CT molecular complexity index is 399. The minimum atomic E-state index is 0.505. The third-order valence-corrected chi connectivity index (χ3v) is 3.75. The lowest BCUT2D eigenvalue weighted by atomic mass is 9.92. The Morgan fingerprint density at radius 1 is 1.38 bits per heavy atom. The van der Waals surface area contributed by atoms with Crippen molar-refractivity contribution < 1.29 is 4.74 Å². The summed E-state index contributed by atoms with van der Waals surface area (Å²) in [6, 6.07) is 4.69. The minimum absolute atomic E-state index is 0.505. The maximum Gasteiger partial charge on any atom is 0.0720 e. The Labute approximate surface area is 101 Å². The molecule has 2 aliphatic heterocycles. The van der Waals surface area contributed by atoms with Gasteiger partial charge in [0, 0.05) is 11.1 Å². The van der Waals surface area contributed by atoms with E-state index in [0.29, 0.717) is 6.04 Å². The van der Waals surface area contributed by atoms with Crippen molar-refractivity contribution >= 4 is 11.6 Å². The van der Waals surface area contributed by atoms with Crippen LogP contribution in [-0.2, 0) is 17.8 Å². The van der Waals surface area contributed by atoms with Gasteiger partial charge in [0.1, 0.15) is 0 Å². The molecule has 0 aliphatic carbocycles. The summed E-state index contributed by atoms with van der Waals surface area (Å²) in [6.45, 7) is 2.69. The molecule has 1 unspecified atom stereocenters. The molecule has 2 aliphatic rings. The molecule has 86 valence electrons. The van der Waals surface area contributed by atoms with Crippen molar-refractivity contribution in [2.75, 3.05) is 13.2 Å². The summed E-state index contributed by atoms with van der Waals surface area (Å²) in [5.41, 5.74) is 4.15. The summed E-state index contributed by atoms with van der Waals surface area (Å²) >= 11 is 6.18. The summed E-state index contributed by atoms with van der Waals surface area (Å²) in [7, 11) is 0. The van der Waals surface area contributed by atoms with Crippen molar-refractivity contribution in [3.63, 3.8) is 0 Å². The molecule has 1 saturated heterocycles. The molecule has 1 aromatic rings. The summed E-state index contributed by atoms with van der Waals surface area (Å²) in [6.07, 6.45) is 3.52. The molecule has 1 fully saturated rings. The van der Waals surface area contributed by atoms with Gasteiger partial charge in [0.2, 0.25) is 0 Å². The molecule has 0 amide bonds. The van der Waals surface area contributed by atoms with Crippen LogP contribution in [0.2, 0.25) is 5.02 Å². The molecule has 2 nitrogen and oxygen atoms in total. The molecule has 2 heterocycles. The van der Waals surface area contributed by atoms with E-state index in [2.05, 4.69) is 17.4 Å². The van der Waals surface area contributed by atoms with Crippen molar-refractivity contribution in [3.05, 3.63) is 33.8 Å². The zero-order valence-corrected chi connectivity index (χ0v) is 10.0. The van der Waals surface area contributed by atoms with Crippen LogP contribution < -0.4 is 5.32 Å². The maximum absolute atomic E-state index is 6.18. The number of nitrogens with one attached hydrogen (secondary N) is 1. The van der Waals surface area contributed by atoms with Crippen LogP contribution >= 0.6 is 11.6 Å². The molecular weight excluding hydrogens is 222 g/mol. The van der Waals surface area contributed by atoms with E-state index in [1.165, 1.54) is 29.5 Å². The van der Waals surface area contributed by atoms with Gasteiger partial charge < -0.3 is 10.1 Å². The fourth-order valence-electron chi connectivity index (χ4n) is 2.77. The van der Waals surface area contributed by atoms with Gasteiger partial charge in [-0.05, 0) is 54.6 Å². The van der Waals surface area contributed by atoms with E-state index in [1.807, 2.05) is 0 Å². The normalized spacial score (nSPS) is 24.4. The second-order valence-corrected chi connectivity index (χ2v) is 5.02. The second-order valence-electron chi connectivity index (χ2n) is 4.58. The van der Waals surface area contributed by atoms with Gasteiger partial charge in [-0.1, -0.05) is 11.6 Å². The molecule has 0 spiro atoms. The van der Waals surface area contributed by atoms with Crippen molar-refractivity contribution in [1.82, 2.24) is 5.32 Å². The van der Waals surface area contributed by atoms with Crippen molar-refractivity contribution in [2.24, 2.45) is 0 Å². The molecule has 1 N–H and O–H groups in total. The summed E-state index contributed by atoms with van der Waals surface area (Å²) in [5.74, 6) is 0. The van der Waals surface area contributed by atoms with E-state index in [0.717, 1.165) is 31.2 Å². The molecule has 0 aromatic heterocycles. The number of ether oxygens (including phenoxy) is 1. The van der Waals surface area contributed by atoms with E-state index in [-0.39, 0.29) is 0 Å². The first kappa shape index (κ1) is 10.6. The first-order valence-electron chi connectivity index (χ1n) is 5.97. The molecule has 3 rings (SSSR count). The van der Waals surface area contributed by atoms with E-state index < -0.39 is 0 Å². The van der Waals surface area contributed by atoms with E-state index in [1.54, 1.807) is 0 Å². The van der Waals surface area contributed by atoms with Crippen LogP contribution in [0, 0.1) is 0 Å². The first-order chi connectivity index (χ1) is 7.84. The average molecular weight is 238 g/mol. The van der Waals surface area contributed by atoms with Crippen molar-refractivity contribution in [3.8, 4) is 0 Å². The van der Waals surface area contributed by atoms with Gasteiger partial charge in [0.25, 0.3) is 0 Å². The van der Waals surface area contributed by atoms with Crippen LogP contribution in [0.15, 0.2) is 12.1 Å². The third-order valence-electron chi connectivity index (χ3n) is 3.53. The maximum atomic E-state index is 6.18. The van der Waals surface area contributed by atoms with Gasteiger partial charge in [-0.25, -0.2) is 0 Å². The highest BCUT2D eigenvalue weighted by molar-refractivity contribution is 6.30. The third kappa shape index (κ3) is 1.86. The van der Waals surface area contributed by atoms with Crippen LogP contribution in [-0.4, -0.2) is 13.2 Å². The Hall–Kier alpha value is -0.570. The largest absolute Gasteiger partial charge is 0.376 e. The first-order valence-corrected chi connectivity index (χ1v) is 6.35. The number of benzene rings is 1. The van der Waals surface area contributed by atoms with Crippen LogP contribution in [0.25, 0.3) is 0 Å². The number of halogens is 1. The van der Waals surface area contributed by atoms with E-state index in [4.69, 9.17) is 16.3 Å². The molecular formula is C13H16ClNO. The molecule has 1 aromatic carbocycles. The Kier molecular flexibility index (Phi) is 2.88. The van der Waals surface area contributed by atoms with Crippen LogP contribution in [0.4, 0.5) is 0 Å². The standard InChI is InChI=1S/C13H16ClNO/c14-10-6-9-8-16-5-3-11(9)12(7-10)13-2-1-4-15-13/h6-7,13,15H,1-5,8H2. The minimum Gasteiger partial charge on any atom is -0.376 e. The fourth-order valence-corrected chi connectivity index (χ4v) is 3.02. The van der Waals surface area contributed by atoms with Crippen molar-refractivity contribution in [1.29, 1.82) is 0 Å². The SMILES string of the molecule is Clc1cc2c(c(C3CCCN3)c1)CCOC2. The number of hydrogen-bond acceptors (Lipinski definition) is 2. The highest BCUT2D eigenvalue weighted by Gasteiger charge is 2.23. The lowest BCUT2D eigenvalue weighted by Crippen LogP contribution is -2.19. The van der Waals surface area contributed by atoms with Gasteiger partial charge in [-0.3, -0.25) is 0 Å². The van der Waals surface area contributed by atoms with Crippen molar-refractivity contribution in [2.45, 2.75) is 31.9 Å². The van der Waals surface area contributed by atoms with E-state index >= 15 is 0 Å². The molecule has 0 bridgehead atoms. The monoisotopic (exact) mass is 237 g/mol. The van der Waals surface area contributed by atoms with Crippen LogP contribution in [0.3, 0.4) is 0 Å². The highest BCUT2D eigenvalue weighted by Crippen LogP contribution is 2.33. The van der Waals surface area contributed by atoms with Gasteiger partial charge in [-0.15, -0.1) is 0 Å². The molecule has 0 radical (unpaired) electrons. The Balaban J connectivity index is 2.04. The van der Waals surface area contributed by atoms with E-state index in [9.17, 15) is 0 Å². The summed E-state index contributed by atoms with van der Waals surface area (Å²) in [4.78, 5) is 0. The van der Waals surface area contributed by atoms with Gasteiger partial charge >= 0.3 is 0 Å². The molecule has 1 atom stereocenters. The number of hydrogen-bond donors (Lipinski definition) is 1. The van der Waals surface area contributed by atoms with Crippen LogP contribution in [0.1, 0.15) is 35.6 Å². The fraction of sp³-hybridized carbons (Fsp3) is 0.538. The molecule has 16 heavy (non-hydrogen) atoms. The quantitative estimate of drug-likeness (QED) is 0.811. The smallest absolute Gasteiger partial charge is 0.0720 e. The predicted molar refractivity (Wildman–Crippen MR) is 64.8 cm³/mol. The Morgan fingerprint density at radius 2 is 2.31 bits per heavy atom. The zero-order valence-electron chi connectivity index (χ0n) is 9.26.